The Bertz CT molecular complexity index is 561. The normalized spacial score (nSPS) is 22.2. The minimum absolute atomic E-state index is 0.135. The summed E-state index contributed by atoms with van der Waals surface area (Å²) in [6, 6.07) is 2.82. The van der Waals surface area contributed by atoms with Crippen LogP contribution in [0.5, 0.6) is 0 Å². The maximum atomic E-state index is 14.1. The topological polar surface area (TPSA) is 73.8 Å². The van der Waals surface area contributed by atoms with E-state index in [2.05, 4.69) is 10.2 Å². The summed E-state index contributed by atoms with van der Waals surface area (Å²) < 4.78 is 19.8. The number of hydrogen-bond donors (Lipinski definition) is 3. The number of halogens is 1. The highest BCUT2D eigenvalue weighted by atomic mass is 19.1. The van der Waals surface area contributed by atoms with Gasteiger partial charge in [0.05, 0.1) is 12.7 Å². The van der Waals surface area contributed by atoms with Gasteiger partial charge in [0.2, 0.25) is 0 Å². The first kappa shape index (κ1) is 15.4. The van der Waals surface area contributed by atoms with Crippen molar-refractivity contribution in [2.24, 2.45) is 0 Å². The Morgan fingerprint density at radius 3 is 3.14 bits per heavy atom. The summed E-state index contributed by atoms with van der Waals surface area (Å²) >= 11 is 0. The lowest BCUT2D eigenvalue weighted by Gasteiger charge is -2.33. The molecule has 7 heteroatoms. The SMILES string of the molecule is O=C(NO)c1cc(F)c2c(c1)CN(CC1CNCCO1)CC2. The molecule has 2 aliphatic heterocycles. The minimum atomic E-state index is -0.696. The van der Waals surface area contributed by atoms with Crippen molar-refractivity contribution in [3.8, 4) is 0 Å². The third kappa shape index (κ3) is 3.27. The van der Waals surface area contributed by atoms with Crippen molar-refractivity contribution < 1.29 is 19.1 Å². The summed E-state index contributed by atoms with van der Waals surface area (Å²) in [5.74, 6) is -1.08. The number of hydrogen-bond acceptors (Lipinski definition) is 5. The van der Waals surface area contributed by atoms with Crippen molar-refractivity contribution in [1.82, 2.24) is 15.7 Å². The van der Waals surface area contributed by atoms with E-state index in [-0.39, 0.29) is 17.5 Å². The van der Waals surface area contributed by atoms with Crippen molar-refractivity contribution in [3.63, 3.8) is 0 Å². The molecule has 22 heavy (non-hydrogen) atoms. The predicted molar refractivity (Wildman–Crippen MR) is 77.2 cm³/mol. The van der Waals surface area contributed by atoms with Crippen molar-refractivity contribution >= 4 is 5.91 Å². The van der Waals surface area contributed by atoms with E-state index < -0.39 is 5.91 Å². The van der Waals surface area contributed by atoms with Gasteiger partial charge in [-0.25, -0.2) is 9.87 Å². The average molecular weight is 309 g/mol. The van der Waals surface area contributed by atoms with Gasteiger partial charge in [0.1, 0.15) is 5.82 Å². The molecule has 1 amide bonds. The van der Waals surface area contributed by atoms with Crippen molar-refractivity contribution in [3.05, 3.63) is 34.6 Å². The van der Waals surface area contributed by atoms with Gasteiger partial charge in [-0.2, -0.15) is 0 Å². The van der Waals surface area contributed by atoms with Crippen LogP contribution in [0.25, 0.3) is 0 Å². The Kier molecular flexibility index (Phi) is 4.68. The van der Waals surface area contributed by atoms with Gasteiger partial charge in [-0.1, -0.05) is 0 Å². The fourth-order valence-electron chi connectivity index (χ4n) is 3.08. The van der Waals surface area contributed by atoms with Crippen LogP contribution in [-0.2, 0) is 17.7 Å². The number of hydroxylamine groups is 1. The molecular weight excluding hydrogens is 289 g/mol. The van der Waals surface area contributed by atoms with Gasteiger partial charge in [-0.05, 0) is 29.7 Å². The molecule has 0 bridgehead atoms. The maximum Gasteiger partial charge on any atom is 0.274 e. The third-order valence-electron chi connectivity index (χ3n) is 4.19. The molecule has 120 valence electrons. The number of benzene rings is 1. The Balaban J connectivity index is 1.73. The predicted octanol–water partition coefficient (Wildman–Crippen LogP) is 0.291. The number of nitrogens with one attached hydrogen (secondary N) is 2. The molecular formula is C15H20FN3O3. The quantitative estimate of drug-likeness (QED) is 0.553. The second-order valence-electron chi connectivity index (χ2n) is 5.72. The zero-order valence-electron chi connectivity index (χ0n) is 12.3. The molecule has 1 saturated heterocycles. The zero-order chi connectivity index (χ0) is 15.5. The lowest BCUT2D eigenvalue weighted by molar-refractivity contribution is 0.00291. The molecule has 2 aliphatic rings. The number of rotatable bonds is 3. The summed E-state index contributed by atoms with van der Waals surface area (Å²) in [5, 5.41) is 12.0. The third-order valence-corrected chi connectivity index (χ3v) is 4.19. The van der Waals surface area contributed by atoms with Crippen molar-refractivity contribution in [2.45, 2.75) is 19.1 Å². The molecule has 2 heterocycles. The lowest BCUT2D eigenvalue weighted by atomic mass is 9.96. The number of carbonyl (C=O) groups excluding carboxylic acids is 1. The van der Waals surface area contributed by atoms with Crippen LogP contribution in [0.3, 0.4) is 0 Å². The molecule has 1 atom stereocenters. The fraction of sp³-hybridized carbons (Fsp3) is 0.533. The molecule has 3 N–H and O–H groups in total. The van der Waals surface area contributed by atoms with Gasteiger partial charge in [-0.3, -0.25) is 14.9 Å². The highest BCUT2D eigenvalue weighted by molar-refractivity contribution is 5.93. The first-order chi connectivity index (χ1) is 10.7. The highest BCUT2D eigenvalue weighted by Gasteiger charge is 2.24. The molecule has 1 aromatic carbocycles. The Hall–Kier alpha value is -1.54. The number of nitrogens with zero attached hydrogens (tertiary/aromatic N) is 1. The van der Waals surface area contributed by atoms with Gasteiger partial charge < -0.3 is 10.1 Å². The molecule has 0 aliphatic carbocycles. The van der Waals surface area contributed by atoms with Crippen LogP contribution in [0.2, 0.25) is 0 Å². The van der Waals surface area contributed by atoms with Crippen LogP contribution in [-0.4, -0.2) is 54.9 Å². The summed E-state index contributed by atoms with van der Waals surface area (Å²) in [7, 11) is 0. The van der Waals surface area contributed by atoms with Crippen LogP contribution in [0.1, 0.15) is 21.5 Å². The van der Waals surface area contributed by atoms with E-state index in [9.17, 15) is 9.18 Å². The largest absolute Gasteiger partial charge is 0.374 e. The number of morpholine rings is 1. The van der Waals surface area contributed by atoms with Crippen molar-refractivity contribution in [2.75, 3.05) is 32.8 Å². The molecule has 0 spiro atoms. The summed E-state index contributed by atoms with van der Waals surface area (Å²) in [6.45, 7) is 4.55. The van der Waals surface area contributed by atoms with Gasteiger partial charge in [0, 0.05) is 38.3 Å². The van der Waals surface area contributed by atoms with Crippen LogP contribution in [0, 0.1) is 5.82 Å². The van der Waals surface area contributed by atoms with Crippen LogP contribution < -0.4 is 10.8 Å². The number of fused-ring (bicyclic) bond motifs is 1. The molecule has 0 radical (unpaired) electrons. The van der Waals surface area contributed by atoms with E-state index in [0.29, 0.717) is 25.1 Å². The number of carbonyl (C=O) groups is 1. The molecule has 3 rings (SSSR count). The first-order valence-corrected chi connectivity index (χ1v) is 7.48. The summed E-state index contributed by atoms with van der Waals surface area (Å²) in [5.41, 5.74) is 3.14. The Morgan fingerprint density at radius 1 is 1.55 bits per heavy atom. The van der Waals surface area contributed by atoms with E-state index in [4.69, 9.17) is 9.94 Å². The average Bonchev–Trinajstić information content (AvgIpc) is 2.54. The summed E-state index contributed by atoms with van der Waals surface area (Å²) in [4.78, 5) is 13.7. The van der Waals surface area contributed by atoms with Gasteiger partial charge in [0.25, 0.3) is 5.91 Å². The van der Waals surface area contributed by atoms with Crippen LogP contribution >= 0.6 is 0 Å². The zero-order valence-corrected chi connectivity index (χ0v) is 12.3. The number of ether oxygens (including phenoxy) is 1. The fourth-order valence-corrected chi connectivity index (χ4v) is 3.08. The van der Waals surface area contributed by atoms with Crippen LogP contribution in [0.15, 0.2) is 12.1 Å². The molecule has 1 aromatic rings. The van der Waals surface area contributed by atoms with E-state index in [1.165, 1.54) is 6.07 Å². The molecule has 0 saturated carbocycles. The lowest BCUT2D eigenvalue weighted by Crippen LogP contribution is -2.46. The Morgan fingerprint density at radius 2 is 2.41 bits per heavy atom. The number of amides is 1. The minimum Gasteiger partial charge on any atom is -0.374 e. The standard InChI is InChI=1S/C15H20FN3O3/c16-14-6-10(15(20)18-21)5-11-8-19(3-1-13(11)14)9-12-7-17-2-4-22-12/h5-6,12,17,21H,1-4,7-9H2,(H,18,20). The van der Waals surface area contributed by atoms with Gasteiger partial charge in [0.15, 0.2) is 0 Å². The molecule has 6 nitrogen and oxygen atoms in total. The van der Waals surface area contributed by atoms with Crippen molar-refractivity contribution in [1.29, 1.82) is 0 Å². The van der Waals surface area contributed by atoms with Crippen LogP contribution in [0.4, 0.5) is 4.39 Å². The smallest absolute Gasteiger partial charge is 0.274 e. The van der Waals surface area contributed by atoms with E-state index in [1.54, 1.807) is 11.5 Å². The molecule has 0 aromatic heterocycles. The molecule has 1 fully saturated rings. The first-order valence-electron chi connectivity index (χ1n) is 7.48. The second kappa shape index (κ2) is 6.70. The monoisotopic (exact) mass is 309 g/mol. The second-order valence-corrected chi connectivity index (χ2v) is 5.72. The van der Waals surface area contributed by atoms with Gasteiger partial charge in [-0.15, -0.1) is 0 Å². The molecule has 1 unspecified atom stereocenters. The summed E-state index contributed by atoms with van der Waals surface area (Å²) in [6.07, 6.45) is 0.756. The van der Waals surface area contributed by atoms with E-state index >= 15 is 0 Å². The van der Waals surface area contributed by atoms with E-state index in [0.717, 1.165) is 31.7 Å². The van der Waals surface area contributed by atoms with Gasteiger partial charge >= 0.3 is 0 Å². The maximum absolute atomic E-state index is 14.1. The Labute approximate surface area is 128 Å². The van der Waals surface area contributed by atoms with E-state index in [1.807, 2.05) is 0 Å². The highest BCUT2D eigenvalue weighted by Crippen LogP contribution is 2.24.